The summed E-state index contributed by atoms with van der Waals surface area (Å²) in [6.07, 6.45) is 3.47. The van der Waals surface area contributed by atoms with Crippen LogP contribution in [0.2, 0.25) is 0 Å². The summed E-state index contributed by atoms with van der Waals surface area (Å²) in [5.41, 5.74) is 17.9. The SMILES string of the molecule is Cc1cnccc1CN=C(N)N=C(N)N. The molecule has 0 aromatic carbocycles. The molecular weight excluding hydrogens is 192 g/mol. The maximum Gasteiger partial charge on any atom is 0.218 e. The van der Waals surface area contributed by atoms with E-state index in [-0.39, 0.29) is 11.9 Å². The van der Waals surface area contributed by atoms with E-state index in [2.05, 4.69) is 15.0 Å². The molecule has 80 valence electrons. The Morgan fingerprint density at radius 2 is 2.13 bits per heavy atom. The maximum atomic E-state index is 5.46. The predicted molar refractivity (Wildman–Crippen MR) is 60.1 cm³/mol. The van der Waals surface area contributed by atoms with Gasteiger partial charge in [-0.2, -0.15) is 4.99 Å². The average molecular weight is 206 g/mol. The number of hydrogen-bond acceptors (Lipinski definition) is 2. The first-order valence-corrected chi connectivity index (χ1v) is 4.38. The van der Waals surface area contributed by atoms with E-state index in [9.17, 15) is 0 Å². The van der Waals surface area contributed by atoms with E-state index in [1.807, 2.05) is 13.0 Å². The number of hydrogen-bond donors (Lipinski definition) is 3. The Morgan fingerprint density at radius 1 is 1.40 bits per heavy atom. The summed E-state index contributed by atoms with van der Waals surface area (Å²) in [5, 5.41) is 0. The first kappa shape index (κ1) is 11.0. The number of aromatic nitrogens is 1. The Hall–Kier alpha value is -2.11. The van der Waals surface area contributed by atoms with Crippen molar-refractivity contribution >= 4 is 11.9 Å². The third-order valence-electron chi connectivity index (χ3n) is 1.79. The molecule has 1 aromatic rings. The van der Waals surface area contributed by atoms with E-state index in [0.717, 1.165) is 11.1 Å². The molecule has 0 atom stereocenters. The lowest BCUT2D eigenvalue weighted by atomic mass is 10.2. The molecule has 6 nitrogen and oxygen atoms in total. The lowest BCUT2D eigenvalue weighted by Crippen LogP contribution is -2.26. The highest BCUT2D eigenvalue weighted by atomic mass is 15.1. The zero-order valence-electron chi connectivity index (χ0n) is 8.51. The summed E-state index contributed by atoms with van der Waals surface area (Å²) in [4.78, 5) is 11.6. The molecule has 1 rings (SSSR count). The second kappa shape index (κ2) is 4.94. The molecule has 6 heteroatoms. The molecule has 1 heterocycles. The molecule has 0 radical (unpaired) electrons. The molecule has 0 aliphatic rings. The van der Waals surface area contributed by atoms with E-state index in [0.29, 0.717) is 6.54 Å². The van der Waals surface area contributed by atoms with Crippen LogP contribution in [0, 0.1) is 6.92 Å². The minimum Gasteiger partial charge on any atom is -0.370 e. The van der Waals surface area contributed by atoms with E-state index < -0.39 is 0 Å². The largest absolute Gasteiger partial charge is 0.370 e. The first-order valence-electron chi connectivity index (χ1n) is 4.38. The highest BCUT2D eigenvalue weighted by Gasteiger charge is 1.96. The molecule has 0 amide bonds. The Morgan fingerprint density at radius 3 is 2.73 bits per heavy atom. The van der Waals surface area contributed by atoms with Crippen LogP contribution in [0.25, 0.3) is 0 Å². The van der Waals surface area contributed by atoms with Gasteiger partial charge in [0, 0.05) is 12.4 Å². The van der Waals surface area contributed by atoms with Crippen LogP contribution in [0.4, 0.5) is 0 Å². The van der Waals surface area contributed by atoms with Gasteiger partial charge in [0.05, 0.1) is 6.54 Å². The van der Waals surface area contributed by atoms with Crippen LogP contribution < -0.4 is 17.2 Å². The smallest absolute Gasteiger partial charge is 0.218 e. The van der Waals surface area contributed by atoms with Crippen molar-refractivity contribution < 1.29 is 0 Å². The first-order chi connectivity index (χ1) is 7.09. The summed E-state index contributed by atoms with van der Waals surface area (Å²) in [7, 11) is 0. The summed E-state index contributed by atoms with van der Waals surface area (Å²) in [6.45, 7) is 2.39. The summed E-state index contributed by atoms with van der Waals surface area (Å²) in [5.74, 6) is -0.0195. The zero-order chi connectivity index (χ0) is 11.3. The van der Waals surface area contributed by atoms with Gasteiger partial charge in [0.2, 0.25) is 5.96 Å². The molecule has 0 spiro atoms. The number of nitrogens with two attached hydrogens (primary N) is 3. The van der Waals surface area contributed by atoms with Crippen molar-refractivity contribution in [2.45, 2.75) is 13.5 Å². The minimum atomic E-state index is -0.0947. The Kier molecular flexibility index (Phi) is 3.61. The maximum absolute atomic E-state index is 5.46. The third kappa shape index (κ3) is 3.63. The topological polar surface area (TPSA) is 116 Å². The number of aryl methyl sites for hydroxylation is 1. The van der Waals surface area contributed by atoms with Crippen LogP contribution in [0.3, 0.4) is 0 Å². The van der Waals surface area contributed by atoms with Gasteiger partial charge in [-0.05, 0) is 24.1 Å². The van der Waals surface area contributed by atoms with Crippen molar-refractivity contribution in [1.82, 2.24) is 4.98 Å². The molecule has 0 saturated carbocycles. The van der Waals surface area contributed by atoms with Crippen LogP contribution in [-0.4, -0.2) is 16.9 Å². The van der Waals surface area contributed by atoms with Gasteiger partial charge in [-0.3, -0.25) is 4.98 Å². The Labute approximate surface area is 87.9 Å². The molecular formula is C9H14N6. The molecule has 0 aliphatic carbocycles. The molecule has 6 N–H and O–H groups in total. The normalized spacial score (nSPS) is 11.1. The summed E-state index contributed by atoms with van der Waals surface area (Å²) < 4.78 is 0. The minimum absolute atomic E-state index is 0.0752. The molecule has 1 aromatic heterocycles. The monoisotopic (exact) mass is 206 g/mol. The van der Waals surface area contributed by atoms with Gasteiger partial charge >= 0.3 is 0 Å². The second-order valence-corrected chi connectivity index (χ2v) is 3.01. The average Bonchev–Trinajstić information content (AvgIpc) is 2.15. The predicted octanol–water partition coefficient (Wildman–Crippen LogP) is -0.522. The van der Waals surface area contributed by atoms with Crippen LogP contribution in [-0.2, 0) is 6.54 Å². The van der Waals surface area contributed by atoms with Crippen molar-refractivity contribution in [2.24, 2.45) is 27.2 Å². The molecule has 15 heavy (non-hydrogen) atoms. The third-order valence-corrected chi connectivity index (χ3v) is 1.79. The standard InChI is InChI=1S/C9H14N6/c1-6-4-13-3-2-7(6)5-14-9(12)15-8(10)11/h2-4H,5H2,1H3,(H6,10,11,12,14,15). The van der Waals surface area contributed by atoms with Crippen molar-refractivity contribution in [1.29, 1.82) is 0 Å². The van der Waals surface area contributed by atoms with Gasteiger partial charge < -0.3 is 17.2 Å². The molecule has 0 bridgehead atoms. The van der Waals surface area contributed by atoms with Gasteiger partial charge in [-0.15, -0.1) is 0 Å². The number of aliphatic imine (C=N–C) groups is 2. The van der Waals surface area contributed by atoms with Gasteiger partial charge in [-0.25, -0.2) is 4.99 Å². The van der Waals surface area contributed by atoms with E-state index in [4.69, 9.17) is 17.2 Å². The van der Waals surface area contributed by atoms with Crippen molar-refractivity contribution in [3.8, 4) is 0 Å². The lowest BCUT2D eigenvalue weighted by Gasteiger charge is -2.00. The molecule has 0 unspecified atom stereocenters. The van der Waals surface area contributed by atoms with Gasteiger partial charge in [-0.1, -0.05) is 0 Å². The Bertz CT molecular complexity index is 391. The van der Waals surface area contributed by atoms with Crippen molar-refractivity contribution in [2.75, 3.05) is 0 Å². The number of rotatable bonds is 2. The van der Waals surface area contributed by atoms with E-state index in [1.165, 1.54) is 0 Å². The fourth-order valence-electron chi connectivity index (χ4n) is 1.01. The van der Waals surface area contributed by atoms with Crippen LogP contribution in [0.5, 0.6) is 0 Å². The zero-order valence-corrected chi connectivity index (χ0v) is 8.51. The van der Waals surface area contributed by atoms with E-state index >= 15 is 0 Å². The number of guanidine groups is 2. The molecule has 0 fully saturated rings. The van der Waals surface area contributed by atoms with Crippen molar-refractivity contribution in [3.63, 3.8) is 0 Å². The quantitative estimate of drug-likeness (QED) is 0.446. The molecule has 0 aliphatic heterocycles. The molecule has 0 saturated heterocycles. The van der Waals surface area contributed by atoms with E-state index in [1.54, 1.807) is 12.4 Å². The fraction of sp³-hybridized carbons (Fsp3) is 0.222. The highest BCUT2D eigenvalue weighted by Crippen LogP contribution is 2.05. The van der Waals surface area contributed by atoms with Crippen LogP contribution >= 0.6 is 0 Å². The van der Waals surface area contributed by atoms with Crippen molar-refractivity contribution in [3.05, 3.63) is 29.6 Å². The van der Waals surface area contributed by atoms with Crippen LogP contribution in [0.1, 0.15) is 11.1 Å². The fourth-order valence-corrected chi connectivity index (χ4v) is 1.01. The Balaban J connectivity index is 2.72. The van der Waals surface area contributed by atoms with Gasteiger partial charge in [0.1, 0.15) is 0 Å². The second-order valence-electron chi connectivity index (χ2n) is 3.01. The summed E-state index contributed by atoms with van der Waals surface area (Å²) >= 11 is 0. The summed E-state index contributed by atoms with van der Waals surface area (Å²) in [6, 6.07) is 1.88. The number of nitrogens with zero attached hydrogens (tertiary/aromatic N) is 3. The number of pyridine rings is 1. The van der Waals surface area contributed by atoms with Gasteiger partial charge in [0.15, 0.2) is 5.96 Å². The van der Waals surface area contributed by atoms with Gasteiger partial charge in [0.25, 0.3) is 0 Å². The lowest BCUT2D eigenvalue weighted by molar-refractivity contribution is 1.02. The van der Waals surface area contributed by atoms with Crippen LogP contribution in [0.15, 0.2) is 28.4 Å². The highest BCUT2D eigenvalue weighted by molar-refractivity contribution is 5.92.